The molecule has 0 spiro atoms. The lowest BCUT2D eigenvalue weighted by molar-refractivity contribution is -0.274. The van der Waals surface area contributed by atoms with Gasteiger partial charge >= 0.3 is 12.3 Å². The third-order valence-electron chi connectivity index (χ3n) is 9.07. The normalized spacial score (nSPS) is 25.3. The van der Waals surface area contributed by atoms with Crippen LogP contribution in [0.2, 0.25) is 0 Å². The molecule has 7 rings (SSSR count). The monoisotopic (exact) mass is 650 g/mol. The van der Waals surface area contributed by atoms with Crippen molar-refractivity contribution in [2.45, 2.75) is 75.2 Å². The van der Waals surface area contributed by atoms with Crippen LogP contribution in [0.4, 0.5) is 32.0 Å². The van der Waals surface area contributed by atoms with Crippen LogP contribution in [0.15, 0.2) is 53.3 Å². The van der Waals surface area contributed by atoms with E-state index >= 15 is 4.39 Å². The minimum Gasteiger partial charge on any atom is -0.477 e. The Bertz CT molecular complexity index is 1770. The average Bonchev–Trinajstić information content (AvgIpc) is 3.32. The van der Waals surface area contributed by atoms with Crippen LogP contribution in [-0.2, 0) is 17.8 Å². The first-order valence-corrected chi connectivity index (χ1v) is 14.8. The largest absolute Gasteiger partial charge is 0.573 e. The van der Waals surface area contributed by atoms with E-state index in [1.54, 1.807) is 18.3 Å². The molecule has 0 amide bonds. The minimum atomic E-state index is -4.99. The molecule has 3 unspecified atom stereocenters. The Labute approximate surface area is 257 Å². The number of ether oxygens (including phenoxy) is 2. The number of halogens is 6. The van der Waals surface area contributed by atoms with Gasteiger partial charge in [-0.2, -0.15) is 0 Å². The van der Waals surface area contributed by atoms with Crippen molar-refractivity contribution in [2.75, 3.05) is 11.5 Å². The smallest absolute Gasteiger partial charge is 0.477 e. The summed E-state index contributed by atoms with van der Waals surface area (Å²) in [7, 11) is 0. The van der Waals surface area contributed by atoms with Crippen molar-refractivity contribution in [2.24, 2.45) is 5.92 Å². The summed E-state index contributed by atoms with van der Waals surface area (Å²) >= 11 is 0. The molecule has 1 saturated carbocycles. The summed E-state index contributed by atoms with van der Waals surface area (Å²) in [5.41, 5.74) is -0.386. The SMILES string of the molecule is O=C(O)c1cnc2cc(N3C4CCC3CC(F)(COCc3c(-c5ccccc5OC(F)(F)F)noc3CC3CC3(F)F)C4)ccn12. The van der Waals surface area contributed by atoms with Crippen LogP contribution in [0.25, 0.3) is 16.9 Å². The second-order valence-electron chi connectivity index (χ2n) is 12.2. The molecule has 1 aromatic carbocycles. The Balaban J connectivity index is 1.08. The number of aromatic carboxylic acids is 1. The quantitative estimate of drug-likeness (QED) is 0.186. The number of benzene rings is 1. The summed E-state index contributed by atoms with van der Waals surface area (Å²) in [6.07, 6.45) is -0.869. The Morgan fingerprint density at radius 3 is 2.48 bits per heavy atom. The second kappa shape index (κ2) is 10.9. The first kappa shape index (κ1) is 30.4. The van der Waals surface area contributed by atoms with Crippen molar-refractivity contribution in [3.63, 3.8) is 0 Å². The molecule has 3 aliphatic rings. The lowest BCUT2D eigenvalue weighted by Gasteiger charge is -2.43. The number of carbonyl (C=O) groups is 1. The molecule has 244 valence electrons. The van der Waals surface area contributed by atoms with Gasteiger partial charge in [-0.25, -0.2) is 22.9 Å². The molecule has 15 heteroatoms. The summed E-state index contributed by atoms with van der Waals surface area (Å²) in [4.78, 5) is 17.8. The number of hydrogen-bond acceptors (Lipinski definition) is 7. The lowest BCUT2D eigenvalue weighted by atomic mass is 9.88. The Kier molecular flexibility index (Phi) is 7.21. The number of anilines is 1. The van der Waals surface area contributed by atoms with Gasteiger partial charge in [-0.15, -0.1) is 13.2 Å². The van der Waals surface area contributed by atoms with Crippen molar-refractivity contribution in [3.8, 4) is 17.0 Å². The molecule has 2 saturated heterocycles. The summed E-state index contributed by atoms with van der Waals surface area (Å²) < 4.78 is 100. The predicted octanol–water partition coefficient (Wildman–Crippen LogP) is 6.84. The zero-order chi connectivity index (χ0) is 32.4. The van der Waals surface area contributed by atoms with E-state index in [4.69, 9.17) is 9.26 Å². The minimum absolute atomic E-state index is 0.0319. The van der Waals surface area contributed by atoms with Gasteiger partial charge in [0.2, 0.25) is 0 Å². The number of piperidine rings is 1. The van der Waals surface area contributed by atoms with E-state index in [9.17, 15) is 31.9 Å². The van der Waals surface area contributed by atoms with Crippen molar-refractivity contribution in [1.29, 1.82) is 0 Å². The van der Waals surface area contributed by atoms with E-state index in [2.05, 4.69) is 19.8 Å². The Morgan fingerprint density at radius 1 is 1.09 bits per heavy atom. The van der Waals surface area contributed by atoms with E-state index in [1.165, 1.54) is 28.8 Å². The number of alkyl halides is 6. The van der Waals surface area contributed by atoms with Crippen molar-refractivity contribution in [1.82, 2.24) is 14.5 Å². The Morgan fingerprint density at radius 2 is 1.80 bits per heavy atom. The highest BCUT2D eigenvalue weighted by Gasteiger charge is 2.57. The summed E-state index contributed by atoms with van der Waals surface area (Å²) in [5, 5.41) is 13.3. The molecule has 0 radical (unpaired) electrons. The molecule has 9 nitrogen and oxygen atoms in total. The molecule has 3 fully saturated rings. The second-order valence-corrected chi connectivity index (χ2v) is 12.2. The molecule has 1 N–H and O–H groups in total. The van der Waals surface area contributed by atoms with Gasteiger partial charge < -0.3 is 24.0 Å². The van der Waals surface area contributed by atoms with Crippen LogP contribution in [-0.4, -0.2) is 62.3 Å². The van der Waals surface area contributed by atoms with Crippen molar-refractivity contribution in [3.05, 3.63) is 65.8 Å². The van der Waals surface area contributed by atoms with Crippen molar-refractivity contribution >= 4 is 17.3 Å². The zero-order valence-corrected chi connectivity index (χ0v) is 24.1. The third kappa shape index (κ3) is 5.76. The van der Waals surface area contributed by atoms with Crippen LogP contribution in [0.5, 0.6) is 5.75 Å². The standard InChI is InChI=1S/C31H28F6N4O5/c32-29(12-19-5-6-20(13-29)41(19)18-7-8-40-23(28(42)43)14-38-26(40)10-18)16-44-15-22-25(9-17-11-30(17,33)34)46-39-27(22)21-3-1-2-4-24(21)45-31(35,36)37/h1-4,7-8,10,14,17,19-20H,5-6,9,11-13,15-16H2,(H,42,43). The summed E-state index contributed by atoms with van der Waals surface area (Å²) in [6.45, 7) is -0.653. The zero-order valence-electron chi connectivity index (χ0n) is 24.1. The van der Waals surface area contributed by atoms with E-state index in [0.29, 0.717) is 5.65 Å². The van der Waals surface area contributed by atoms with Crippen LogP contribution < -0.4 is 9.64 Å². The third-order valence-corrected chi connectivity index (χ3v) is 9.07. The maximum absolute atomic E-state index is 16.4. The molecule has 5 heterocycles. The number of imidazole rings is 1. The number of hydrogen-bond donors (Lipinski definition) is 1. The molecule has 46 heavy (non-hydrogen) atoms. The van der Waals surface area contributed by atoms with Crippen LogP contribution in [0, 0.1) is 5.92 Å². The number of pyridine rings is 1. The number of rotatable bonds is 10. The van der Waals surface area contributed by atoms with E-state index in [1.807, 2.05) is 0 Å². The fourth-order valence-electron chi connectivity index (χ4n) is 6.91. The van der Waals surface area contributed by atoms with E-state index < -0.39 is 35.6 Å². The van der Waals surface area contributed by atoms with Gasteiger partial charge in [0.25, 0.3) is 5.92 Å². The number of nitrogens with zero attached hydrogens (tertiary/aromatic N) is 4. The molecule has 2 aliphatic heterocycles. The van der Waals surface area contributed by atoms with Gasteiger partial charge in [0.15, 0.2) is 5.69 Å². The van der Waals surface area contributed by atoms with Gasteiger partial charge in [-0.05, 0) is 31.0 Å². The topological polar surface area (TPSA) is 102 Å². The number of para-hydroxylation sites is 1. The molecule has 2 bridgehead atoms. The first-order chi connectivity index (χ1) is 21.8. The highest BCUT2D eigenvalue weighted by Crippen LogP contribution is 2.51. The molecule has 3 aromatic heterocycles. The average molecular weight is 651 g/mol. The summed E-state index contributed by atoms with van der Waals surface area (Å²) in [6, 6.07) is 8.51. The maximum atomic E-state index is 16.4. The fraction of sp³-hybridized carbons (Fsp3) is 0.452. The van der Waals surface area contributed by atoms with Crippen LogP contribution in [0.1, 0.15) is 53.9 Å². The molecule has 3 atom stereocenters. The summed E-state index contributed by atoms with van der Waals surface area (Å²) in [5.74, 6) is -5.48. The number of carboxylic acids is 1. The van der Waals surface area contributed by atoms with Crippen molar-refractivity contribution < 1.29 is 50.2 Å². The molecule has 1 aliphatic carbocycles. The van der Waals surface area contributed by atoms with Gasteiger partial charge in [-0.3, -0.25) is 4.40 Å². The van der Waals surface area contributed by atoms with Gasteiger partial charge in [0.05, 0.1) is 19.4 Å². The fourth-order valence-corrected chi connectivity index (χ4v) is 6.91. The number of aromatic nitrogens is 3. The highest BCUT2D eigenvalue weighted by atomic mass is 19.4. The highest BCUT2D eigenvalue weighted by molar-refractivity contribution is 5.86. The maximum Gasteiger partial charge on any atom is 0.573 e. The van der Waals surface area contributed by atoms with E-state index in [0.717, 1.165) is 24.6 Å². The molecular formula is C31H28F6N4O5. The predicted molar refractivity (Wildman–Crippen MR) is 150 cm³/mol. The number of fused-ring (bicyclic) bond motifs is 3. The van der Waals surface area contributed by atoms with Crippen LogP contribution in [0.3, 0.4) is 0 Å². The number of carboxylic acid groups (broad SMARTS) is 1. The molecular weight excluding hydrogens is 622 g/mol. The Hall–Kier alpha value is -4.27. The molecule has 4 aromatic rings. The lowest BCUT2D eigenvalue weighted by Crippen LogP contribution is -2.51. The van der Waals surface area contributed by atoms with Gasteiger partial charge in [0.1, 0.15) is 28.5 Å². The van der Waals surface area contributed by atoms with Gasteiger partial charge in [-0.1, -0.05) is 17.3 Å². The van der Waals surface area contributed by atoms with E-state index in [-0.39, 0.29) is 79.3 Å². The van der Waals surface area contributed by atoms with Gasteiger partial charge in [0, 0.05) is 72.8 Å². The van der Waals surface area contributed by atoms with Crippen LogP contribution >= 0.6 is 0 Å². The first-order valence-electron chi connectivity index (χ1n) is 14.8.